The molecule has 4 fully saturated rings. The highest BCUT2D eigenvalue weighted by molar-refractivity contribution is 5.77. The molecule has 2 bridgehead atoms. The molecule has 31 heavy (non-hydrogen) atoms. The third-order valence-corrected chi connectivity index (χ3v) is 8.28. The van der Waals surface area contributed by atoms with E-state index in [1.54, 1.807) is 13.8 Å². The van der Waals surface area contributed by atoms with Crippen molar-refractivity contribution in [1.82, 2.24) is 0 Å². The molecule has 0 aromatic rings. The monoisotopic (exact) mass is 446 g/mol. The molecule has 10 heteroatoms. The Morgan fingerprint density at radius 2 is 1.81 bits per heavy atom. The summed E-state index contributed by atoms with van der Waals surface area (Å²) in [5.41, 5.74) is -1.90. The number of fused-ring (bicyclic) bond motifs is 4. The summed E-state index contributed by atoms with van der Waals surface area (Å²) in [4.78, 5) is 12.6. The number of esters is 1. The average Bonchev–Trinajstić information content (AvgIpc) is 3.20. The topological polar surface area (TPSA) is 166 Å². The highest BCUT2D eigenvalue weighted by Gasteiger charge is 2.70. The summed E-state index contributed by atoms with van der Waals surface area (Å²) >= 11 is 0. The maximum atomic E-state index is 12.6. The molecular weight excluding hydrogens is 412 g/mol. The van der Waals surface area contributed by atoms with E-state index in [4.69, 9.17) is 14.2 Å². The zero-order valence-corrected chi connectivity index (χ0v) is 18.0. The van der Waals surface area contributed by atoms with Crippen LogP contribution in [0.25, 0.3) is 0 Å². The highest BCUT2D eigenvalue weighted by atomic mass is 16.7. The van der Waals surface area contributed by atoms with Gasteiger partial charge < -0.3 is 44.8 Å². The molecule has 178 valence electrons. The Bertz CT molecular complexity index is 692. The lowest BCUT2D eigenvalue weighted by Gasteiger charge is -2.51. The van der Waals surface area contributed by atoms with Gasteiger partial charge in [-0.2, -0.15) is 0 Å². The van der Waals surface area contributed by atoms with Crippen molar-refractivity contribution < 1.29 is 49.6 Å². The summed E-state index contributed by atoms with van der Waals surface area (Å²) in [6.45, 7) is 4.69. The second-order valence-corrected chi connectivity index (χ2v) is 10.3. The van der Waals surface area contributed by atoms with Gasteiger partial charge in [0.1, 0.15) is 30.5 Å². The third-order valence-electron chi connectivity index (χ3n) is 8.28. The van der Waals surface area contributed by atoms with Gasteiger partial charge in [-0.05, 0) is 38.5 Å². The Balaban J connectivity index is 1.51. The second-order valence-electron chi connectivity index (χ2n) is 10.3. The molecular formula is C21H34O10. The molecule has 0 amide bonds. The van der Waals surface area contributed by atoms with E-state index < -0.39 is 72.4 Å². The number of ether oxygens (including phenoxy) is 3. The van der Waals surface area contributed by atoms with Gasteiger partial charge in [-0.1, -0.05) is 6.92 Å². The minimum absolute atomic E-state index is 0.0769. The zero-order valence-electron chi connectivity index (χ0n) is 18.0. The molecule has 10 nitrogen and oxygen atoms in total. The standard InChI is InChI=1S/C21H34O10/c1-20(2,28)12-11-9-5-4-8(21(9,3)17(26)16(12)31-18(11)27)7-29-19-15(25)14(24)13(23)10(6-22)30-19/h8-17,19,22-26,28H,4-7H2,1-3H3. The van der Waals surface area contributed by atoms with Crippen LogP contribution in [-0.2, 0) is 19.0 Å². The fourth-order valence-electron chi connectivity index (χ4n) is 6.52. The van der Waals surface area contributed by atoms with Crippen molar-refractivity contribution in [2.45, 2.75) is 82.1 Å². The lowest BCUT2D eigenvalue weighted by molar-refractivity contribution is -0.306. The molecule has 2 aliphatic heterocycles. The van der Waals surface area contributed by atoms with Crippen LogP contribution >= 0.6 is 0 Å². The lowest BCUT2D eigenvalue weighted by atomic mass is 9.54. The van der Waals surface area contributed by atoms with E-state index in [-0.39, 0.29) is 24.4 Å². The summed E-state index contributed by atoms with van der Waals surface area (Å²) in [7, 11) is 0. The van der Waals surface area contributed by atoms with E-state index in [0.717, 1.165) is 0 Å². The minimum atomic E-state index is -1.53. The van der Waals surface area contributed by atoms with Crippen molar-refractivity contribution in [2.24, 2.45) is 29.1 Å². The molecule has 0 aromatic carbocycles. The van der Waals surface area contributed by atoms with Crippen molar-refractivity contribution >= 4 is 5.97 Å². The smallest absolute Gasteiger partial charge is 0.310 e. The Hall–Kier alpha value is -0.850. The minimum Gasteiger partial charge on any atom is -0.459 e. The maximum Gasteiger partial charge on any atom is 0.310 e. The van der Waals surface area contributed by atoms with Crippen molar-refractivity contribution in [3.8, 4) is 0 Å². The molecule has 2 saturated heterocycles. The zero-order chi connectivity index (χ0) is 22.9. The van der Waals surface area contributed by atoms with Crippen LogP contribution in [0.15, 0.2) is 0 Å². The van der Waals surface area contributed by atoms with Gasteiger partial charge in [0.2, 0.25) is 0 Å². The van der Waals surface area contributed by atoms with Crippen molar-refractivity contribution in [3.63, 3.8) is 0 Å². The molecule has 12 unspecified atom stereocenters. The number of carbonyl (C=O) groups is 1. The SMILES string of the molecule is CC(C)(O)C1C2OC(=O)C1C1CCC(COC3OC(CO)C(O)C(O)C3O)C1(C)C2O. The van der Waals surface area contributed by atoms with Crippen molar-refractivity contribution in [1.29, 1.82) is 0 Å². The van der Waals surface area contributed by atoms with Gasteiger partial charge in [0, 0.05) is 11.3 Å². The average molecular weight is 446 g/mol. The second kappa shape index (κ2) is 7.88. The molecule has 0 spiro atoms. The third kappa shape index (κ3) is 3.43. The van der Waals surface area contributed by atoms with Crippen LogP contribution in [0.2, 0.25) is 0 Å². The molecule has 12 atom stereocenters. The van der Waals surface area contributed by atoms with E-state index in [2.05, 4.69) is 0 Å². The summed E-state index contributed by atoms with van der Waals surface area (Å²) in [5.74, 6) is -1.80. The maximum absolute atomic E-state index is 12.6. The Morgan fingerprint density at radius 3 is 2.42 bits per heavy atom. The summed E-state index contributed by atoms with van der Waals surface area (Å²) < 4.78 is 16.7. The van der Waals surface area contributed by atoms with E-state index in [9.17, 15) is 35.4 Å². The Labute approximate surface area is 180 Å². The van der Waals surface area contributed by atoms with Gasteiger partial charge in [0.15, 0.2) is 6.29 Å². The quantitative estimate of drug-likeness (QED) is 0.264. The normalized spacial score (nSPS) is 52.2. The molecule has 2 aliphatic carbocycles. The number of carbonyl (C=O) groups excluding carboxylic acids is 1. The van der Waals surface area contributed by atoms with E-state index in [1.807, 2.05) is 6.92 Å². The van der Waals surface area contributed by atoms with Gasteiger partial charge in [0.05, 0.1) is 30.8 Å². The summed E-state index contributed by atoms with van der Waals surface area (Å²) in [5, 5.41) is 61.3. The molecule has 6 N–H and O–H groups in total. The van der Waals surface area contributed by atoms with Gasteiger partial charge >= 0.3 is 5.97 Å². The van der Waals surface area contributed by atoms with Crippen LogP contribution in [0, 0.1) is 29.1 Å². The van der Waals surface area contributed by atoms with Gasteiger partial charge in [-0.3, -0.25) is 4.79 Å². The Kier molecular flexibility index (Phi) is 5.92. The molecule has 2 saturated carbocycles. The number of hydrogen-bond acceptors (Lipinski definition) is 10. The number of aliphatic hydroxyl groups excluding tert-OH is 5. The highest BCUT2D eigenvalue weighted by Crippen LogP contribution is 2.63. The fourth-order valence-corrected chi connectivity index (χ4v) is 6.52. The molecule has 4 aliphatic rings. The first kappa shape index (κ1) is 23.3. The number of hydrogen-bond donors (Lipinski definition) is 6. The van der Waals surface area contributed by atoms with Gasteiger partial charge in [-0.25, -0.2) is 0 Å². The number of aliphatic hydroxyl groups is 6. The molecule has 0 radical (unpaired) electrons. The van der Waals surface area contributed by atoms with Crippen LogP contribution in [0.3, 0.4) is 0 Å². The molecule has 4 rings (SSSR count). The van der Waals surface area contributed by atoms with Gasteiger partial charge in [0.25, 0.3) is 0 Å². The summed E-state index contributed by atoms with van der Waals surface area (Å²) in [6, 6.07) is 0. The molecule has 0 aromatic heterocycles. The van der Waals surface area contributed by atoms with E-state index in [0.29, 0.717) is 12.8 Å². The predicted octanol–water partition coefficient (Wildman–Crippen LogP) is -1.86. The number of rotatable bonds is 5. The first-order valence-corrected chi connectivity index (χ1v) is 11.0. The van der Waals surface area contributed by atoms with Crippen molar-refractivity contribution in [3.05, 3.63) is 0 Å². The fraction of sp³-hybridized carbons (Fsp3) is 0.952. The molecule has 2 heterocycles. The van der Waals surface area contributed by atoms with E-state index in [1.165, 1.54) is 0 Å². The lowest BCUT2D eigenvalue weighted by Crippen LogP contribution is -2.61. The van der Waals surface area contributed by atoms with E-state index >= 15 is 0 Å². The first-order valence-electron chi connectivity index (χ1n) is 11.0. The largest absolute Gasteiger partial charge is 0.459 e. The van der Waals surface area contributed by atoms with Gasteiger partial charge in [-0.15, -0.1) is 0 Å². The van der Waals surface area contributed by atoms with Crippen LogP contribution < -0.4 is 0 Å². The van der Waals surface area contributed by atoms with Crippen LogP contribution in [0.4, 0.5) is 0 Å². The van der Waals surface area contributed by atoms with Crippen molar-refractivity contribution in [2.75, 3.05) is 13.2 Å². The summed E-state index contributed by atoms with van der Waals surface area (Å²) in [6.07, 6.45) is -7.32. The van der Waals surface area contributed by atoms with Crippen LogP contribution in [0.1, 0.15) is 33.6 Å². The Morgan fingerprint density at radius 1 is 1.13 bits per heavy atom. The van der Waals surface area contributed by atoms with Crippen LogP contribution in [0.5, 0.6) is 0 Å². The van der Waals surface area contributed by atoms with Crippen LogP contribution in [-0.4, -0.2) is 98.3 Å². The first-order chi connectivity index (χ1) is 14.4. The predicted molar refractivity (Wildman–Crippen MR) is 103 cm³/mol.